The zero-order valence-electron chi connectivity index (χ0n) is 15.9. The van der Waals surface area contributed by atoms with Crippen molar-refractivity contribution in [2.75, 3.05) is 0 Å². The predicted octanol–water partition coefficient (Wildman–Crippen LogP) is 3.75. The van der Waals surface area contributed by atoms with Gasteiger partial charge in [0.05, 0.1) is 6.54 Å². The molecule has 2 aromatic carbocycles. The standard InChI is InChI=1S/C21H23N3O3/c1-13-6-5-7-17(10-13)20-23-19(27-24-20)12-22-21(25)16(4)26-18-11-14(2)8-9-15(18)3/h5-11,16H,12H2,1-4H3,(H,22,25)/t16-/m1/s1. The summed E-state index contributed by atoms with van der Waals surface area (Å²) >= 11 is 0. The number of carbonyl (C=O) groups is 1. The van der Waals surface area contributed by atoms with Gasteiger partial charge in [-0.15, -0.1) is 0 Å². The topological polar surface area (TPSA) is 77.2 Å². The zero-order chi connectivity index (χ0) is 19.4. The Morgan fingerprint density at radius 1 is 1.15 bits per heavy atom. The molecule has 0 spiro atoms. The largest absolute Gasteiger partial charge is 0.481 e. The van der Waals surface area contributed by atoms with Gasteiger partial charge in [0, 0.05) is 5.56 Å². The van der Waals surface area contributed by atoms with Crippen LogP contribution in [0.25, 0.3) is 11.4 Å². The highest BCUT2D eigenvalue weighted by Crippen LogP contribution is 2.20. The van der Waals surface area contributed by atoms with E-state index < -0.39 is 6.10 Å². The second-order valence-electron chi connectivity index (χ2n) is 6.63. The Labute approximate surface area is 158 Å². The summed E-state index contributed by atoms with van der Waals surface area (Å²) in [5.41, 5.74) is 4.06. The Morgan fingerprint density at radius 3 is 2.70 bits per heavy atom. The van der Waals surface area contributed by atoms with E-state index in [0.717, 1.165) is 22.3 Å². The van der Waals surface area contributed by atoms with Crippen LogP contribution < -0.4 is 10.1 Å². The molecule has 0 radical (unpaired) electrons. The molecule has 0 bridgehead atoms. The van der Waals surface area contributed by atoms with Gasteiger partial charge >= 0.3 is 0 Å². The fourth-order valence-corrected chi connectivity index (χ4v) is 2.61. The third-order valence-corrected chi connectivity index (χ3v) is 4.17. The van der Waals surface area contributed by atoms with Gasteiger partial charge in [-0.05, 0) is 51.0 Å². The molecule has 1 aromatic heterocycles. The maximum Gasteiger partial charge on any atom is 0.261 e. The molecule has 6 nitrogen and oxygen atoms in total. The molecule has 1 N–H and O–H groups in total. The molecule has 1 amide bonds. The van der Waals surface area contributed by atoms with Gasteiger partial charge in [0.25, 0.3) is 5.91 Å². The molecule has 3 aromatic rings. The molecule has 0 unspecified atom stereocenters. The van der Waals surface area contributed by atoms with Crippen LogP contribution in [0.5, 0.6) is 5.75 Å². The van der Waals surface area contributed by atoms with Crippen LogP contribution in [-0.2, 0) is 11.3 Å². The quantitative estimate of drug-likeness (QED) is 0.720. The van der Waals surface area contributed by atoms with Crippen molar-refractivity contribution in [1.29, 1.82) is 0 Å². The van der Waals surface area contributed by atoms with E-state index >= 15 is 0 Å². The number of rotatable bonds is 6. The zero-order valence-corrected chi connectivity index (χ0v) is 15.9. The summed E-state index contributed by atoms with van der Waals surface area (Å²) in [6.45, 7) is 7.80. The van der Waals surface area contributed by atoms with Crippen LogP contribution in [0.3, 0.4) is 0 Å². The number of aromatic nitrogens is 2. The van der Waals surface area contributed by atoms with Crippen molar-refractivity contribution >= 4 is 5.91 Å². The second kappa shape index (κ2) is 8.03. The fourth-order valence-electron chi connectivity index (χ4n) is 2.61. The smallest absolute Gasteiger partial charge is 0.261 e. The molecule has 6 heteroatoms. The van der Waals surface area contributed by atoms with Crippen LogP contribution in [0.2, 0.25) is 0 Å². The first-order valence-corrected chi connectivity index (χ1v) is 8.83. The number of carbonyl (C=O) groups excluding carboxylic acids is 1. The molecule has 1 heterocycles. The summed E-state index contributed by atoms with van der Waals surface area (Å²) in [6, 6.07) is 13.7. The lowest BCUT2D eigenvalue weighted by Crippen LogP contribution is -2.36. The minimum Gasteiger partial charge on any atom is -0.481 e. The molecule has 0 saturated carbocycles. The van der Waals surface area contributed by atoms with Gasteiger partial charge in [0.2, 0.25) is 11.7 Å². The highest BCUT2D eigenvalue weighted by Gasteiger charge is 2.17. The number of hydrogen-bond donors (Lipinski definition) is 1. The van der Waals surface area contributed by atoms with E-state index in [1.807, 2.05) is 63.2 Å². The molecule has 1 atom stereocenters. The van der Waals surface area contributed by atoms with Crippen molar-refractivity contribution < 1.29 is 14.1 Å². The van der Waals surface area contributed by atoms with Gasteiger partial charge in [-0.3, -0.25) is 4.79 Å². The Bertz CT molecular complexity index is 949. The van der Waals surface area contributed by atoms with Crippen molar-refractivity contribution in [3.05, 3.63) is 65.0 Å². The number of amides is 1. The number of benzene rings is 2. The minimum absolute atomic E-state index is 0.151. The minimum atomic E-state index is -0.635. The Balaban J connectivity index is 1.58. The summed E-state index contributed by atoms with van der Waals surface area (Å²) in [4.78, 5) is 16.6. The van der Waals surface area contributed by atoms with Crippen molar-refractivity contribution in [2.45, 2.75) is 40.3 Å². The maximum absolute atomic E-state index is 12.3. The van der Waals surface area contributed by atoms with E-state index in [-0.39, 0.29) is 12.5 Å². The van der Waals surface area contributed by atoms with E-state index in [0.29, 0.717) is 17.5 Å². The second-order valence-corrected chi connectivity index (χ2v) is 6.63. The molecule has 27 heavy (non-hydrogen) atoms. The van der Waals surface area contributed by atoms with Crippen molar-refractivity contribution in [2.24, 2.45) is 0 Å². The highest BCUT2D eigenvalue weighted by molar-refractivity contribution is 5.80. The summed E-state index contributed by atoms with van der Waals surface area (Å²) < 4.78 is 11.0. The number of hydrogen-bond acceptors (Lipinski definition) is 5. The summed E-state index contributed by atoms with van der Waals surface area (Å²) in [5.74, 6) is 1.31. The van der Waals surface area contributed by atoms with Gasteiger partial charge in [-0.2, -0.15) is 4.98 Å². The number of nitrogens with zero attached hydrogens (tertiary/aromatic N) is 2. The SMILES string of the molecule is Cc1cccc(-c2noc(CNC(=O)[C@@H](C)Oc3cc(C)ccc3C)n2)c1. The third-order valence-electron chi connectivity index (χ3n) is 4.17. The lowest BCUT2D eigenvalue weighted by Gasteiger charge is -2.16. The van der Waals surface area contributed by atoms with Gasteiger partial charge < -0.3 is 14.6 Å². The molecular weight excluding hydrogens is 342 g/mol. The van der Waals surface area contributed by atoms with Crippen LogP contribution in [-0.4, -0.2) is 22.2 Å². The predicted molar refractivity (Wildman–Crippen MR) is 102 cm³/mol. The van der Waals surface area contributed by atoms with E-state index in [4.69, 9.17) is 9.26 Å². The number of nitrogens with one attached hydrogen (secondary N) is 1. The lowest BCUT2D eigenvalue weighted by atomic mass is 10.1. The van der Waals surface area contributed by atoms with Crippen LogP contribution in [0, 0.1) is 20.8 Å². The molecule has 0 fully saturated rings. The number of ether oxygens (including phenoxy) is 1. The molecule has 0 aliphatic heterocycles. The molecule has 0 aliphatic rings. The van der Waals surface area contributed by atoms with Gasteiger partial charge in [0.1, 0.15) is 5.75 Å². The normalized spacial score (nSPS) is 11.9. The van der Waals surface area contributed by atoms with Crippen molar-refractivity contribution in [1.82, 2.24) is 15.5 Å². The van der Waals surface area contributed by atoms with Crippen molar-refractivity contribution in [3.8, 4) is 17.1 Å². The number of aryl methyl sites for hydroxylation is 3. The van der Waals surface area contributed by atoms with Crippen LogP contribution >= 0.6 is 0 Å². The third kappa shape index (κ3) is 4.73. The van der Waals surface area contributed by atoms with Crippen LogP contribution in [0.1, 0.15) is 29.5 Å². The Hall–Kier alpha value is -3.15. The molecule has 3 rings (SSSR count). The summed E-state index contributed by atoms with van der Waals surface area (Å²) in [7, 11) is 0. The first kappa shape index (κ1) is 18.6. The average Bonchev–Trinajstić information content (AvgIpc) is 3.12. The summed E-state index contributed by atoms with van der Waals surface area (Å²) in [5, 5.41) is 6.74. The molecule has 0 saturated heterocycles. The van der Waals surface area contributed by atoms with Crippen LogP contribution in [0.15, 0.2) is 47.0 Å². The Kier molecular flexibility index (Phi) is 5.54. The molecule has 0 aliphatic carbocycles. The lowest BCUT2D eigenvalue weighted by molar-refractivity contribution is -0.127. The first-order chi connectivity index (χ1) is 12.9. The Morgan fingerprint density at radius 2 is 1.93 bits per heavy atom. The van der Waals surface area contributed by atoms with E-state index in [9.17, 15) is 4.79 Å². The molecular formula is C21H23N3O3. The molecule has 140 valence electrons. The van der Waals surface area contributed by atoms with Gasteiger partial charge in [0.15, 0.2) is 6.10 Å². The summed E-state index contributed by atoms with van der Waals surface area (Å²) in [6.07, 6.45) is -0.635. The van der Waals surface area contributed by atoms with E-state index in [2.05, 4.69) is 15.5 Å². The first-order valence-electron chi connectivity index (χ1n) is 8.83. The monoisotopic (exact) mass is 365 g/mol. The average molecular weight is 365 g/mol. The maximum atomic E-state index is 12.3. The highest BCUT2D eigenvalue weighted by atomic mass is 16.5. The van der Waals surface area contributed by atoms with Crippen molar-refractivity contribution in [3.63, 3.8) is 0 Å². The fraction of sp³-hybridized carbons (Fsp3) is 0.286. The van der Waals surface area contributed by atoms with Crippen LogP contribution in [0.4, 0.5) is 0 Å². The van der Waals surface area contributed by atoms with Gasteiger partial charge in [-0.25, -0.2) is 0 Å². The van der Waals surface area contributed by atoms with E-state index in [1.54, 1.807) is 6.92 Å². The van der Waals surface area contributed by atoms with Gasteiger partial charge in [-0.1, -0.05) is 41.1 Å². The van der Waals surface area contributed by atoms with E-state index in [1.165, 1.54) is 0 Å².